The van der Waals surface area contributed by atoms with Crippen LogP contribution in [0.5, 0.6) is 11.5 Å². The number of benzene rings is 2. The van der Waals surface area contributed by atoms with E-state index < -0.39 is 0 Å². The Morgan fingerprint density at radius 2 is 1.88 bits per heavy atom. The molecule has 0 heterocycles. The van der Waals surface area contributed by atoms with E-state index in [1.807, 2.05) is 37.3 Å². The fourth-order valence-corrected chi connectivity index (χ4v) is 3.01. The summed E-state index contributed by atoms with van der Waals surface area (Å²) in [7, 11) is 0. The number of ether oxygens (including phenoxy) is 2. The van der Waals surface area contributed by atoms with Crippen molar-refractivity contribution in [2.45, 2.75) is 40.0 Å². The van der Waals surface area contributed by atoms with Gasteiger partial charge in [0.25, 0.3) is 0 Å². The minimum absolute atomic E-state index is 0. The quantitative estimate of drug-likeness (QED) is 0.537. The van der Waals surface area contributed by atoms with Crippen LogP contribution in [0.1, 0.15) is 31.9 Å². The second kappa shape index (κ2) is 10.9. The van der Waals surface area contributed by atoms with E-state index in [0.717, 1.165) is 27.9 Å². The average Bonchev–Trinajstić information content (AvgIpc) is 2.54. The first-order valence-corrected chi connectivity index (χ1v) is 9.23. The number of halogens is 3. The van der Waals surface area contributed by atoms with Crippen molar-refractivity contribution in [1.82, 2.24) is 5.32 Å². The van der Waals surface area contributed by atoms with Crippen LogP contribution in [0.4, 0.5) is 0 Å². The topological polar surface area (TPSA) is 30.5 Å². The molecule has 0 unspecified atom stereocenters. The standard InChI is InChI=1S/C19H23BrClNO2.ClH/c1-4-23-18-10-14(11-22-13(2)3)9-16(20)19(18)24-12-15-7-5-6-8-17(15)21;/h5-10,13,22H,4,11-12H2,1-3H3;1H. The molecule has 0 radical (unpaired) electrons. The first-order chi connectivity index (χ1) is 11.5. The smallest absolute Gasteiger partial charge is 0.175 e. The van der Waals surface area contributed by atoms with Gasteiger partial charge in [-0.3, -0.25) is 0 Å². The molecule has 3 nitrogen and oxygen atoms in total. The highest BCUT2D eigenvalue weighted by Crippen LogP contribution is 2.37. The molecule has 2 aromatic carbocycles. The maximum atomic E-state index is 6.20. The first-order valence-electron chi connectivity index (χ1n) is 8.06. The Bertz CT molecular complexity index is 680. The van der Waals surface area contributed by atoms with Gasteiger partial charge >= 0.3 is 0 Å². The summed E-state index contributed by atoms with van der Waals surface area (Å²) in [6.45, 7) is 7.96. The normalized spacial score (nSPS) is 10.5. The monoisotopic (exact) mass is 447 g/mol. The molecule has 1 N–H and O–H groups in total. The summed E-state index contributed by atoms with van der Waals surface area (Å²) in [6, 6.07) is 12.2. The Kier molecular flexibility index (Phi) is 9.65. The number of rotatable bonds is 8. The second-order valence-corrected chi connectivity index (χ2v) is 7.02. The van der Waals surface area contributed by atoms with Crippen molar-refractivity contribution in [3.8, 4) is 11.5 Å². The summed E-state index contributed by atoms with van der Waals surface area (Å²) in [5, 5.41) is 4.11. The molecule has 0 saturated heterocycles. The van der Waals surface area contributed by atoms with Crippen molar-refractivity contribution in [1.29, 1.82) is 0 Å². The maximum absolute atomic E-state index is 6.20. The molecule has 0 fully saturated rings. The molecule has 2 rings (SSSR count). The third-order valence-corrected chi connectivity index (χ3v) is 4.37. The molecule has 0 aliphatic heterocycles. The Balaban J connectivity index is 0.00000312. The van der Waals surface area contributed by atoms with E-state index in [1.165, 1.54) is 0 Å². The predicted octanol–water partition coefficient (Wildman–Crippen LogP) is 6.00. The van der Waals surface area contributed by atoms with Crippen LogP contribution in [0.15, 0.2) is 40.9 Å². The van der Waals surface area contributed by atoms with Gasteiger partial charge in [0.2, 0.25) is 0 Å². The molecule has 0 amide bonds. The van der Waals surface area contributed by atoms with E-state index in [2.05, 4.69) is 41.2 Å². The summed E-state index contributed by atoms with van der Waals surface area (Å²) in [4.78, 5) is 0. The molecular formula is C19H24BrCl2NO2. The van der Waals surface area contributed by atoms with Gasteiger partial charge in [-0.1, -0.05) is 43.6 Å². The third-order valence-electron chi connectivity index (χ3n) is 3.41. The van der Waals surface area contributed by atoms with E-state index in [-0.39, 0.29) is 12.4 Å². The lowest BCUT2D eigenvalue weighted by molar-refractivity contribution is 0.267. The van der Waals surface area contributed by atoms with E-state index >= 15 is 0 Å². The molecule has 138 valence electrons. The Hall–Kier alpha value is -0.940. The second-order valence-electron chi connectivity index (χ2n) is 5.75. The van der Waals surface area contributed by atoms with Crippen molar-refractivity contribution in [3.63, 3.8) is 0 Å². The van der Waals surface area contributed by atoms with Crippen LogP contribution < -0.4 is 14.8 Å². The van der Waals surface area contributed by atoms with Crippen LogP contribution in [0.2, 0.25) is 5.02 Å². The predicted molar refractivity (Wildman–Crippen MR) is 110 cm³/mol. The van der Waals surface area contributed by atoms with Crippen LogP contribution in [-0.2, 0) is 13.2 Å². The zero-order chi connectivity index (χ0) is 17.5. The maximum Gasteiger partial charge on any atom is 0.175 e. The van der Waals surface area contributed by atoms with Crippen molar-refractivity contribution >= 4 is 39.9 Å². The van der Waals surface area contributed by atoms with Crippen molar-refractivity contribution in [2.75, 3.05) is 6.61 Å². The number of nitrogens with one attached hydrogen (secondary N) is 1. The van der Waals surface area contributed by atoms with E-state index in [4.69, 9.17) is 21.1 Å². The fourth-order valence-electron chi connectivity index (χ4n) is 2.21. The molecule has 0 atom stereocenters. The molecule has 0 aromatic heterocycles. The Morgan fingerprint density at radius 3 is 2.52 bits per heavy atom. The lowest BCUT2D eigenvalue weighted by Crippen LogP contribution is -2.21. The summed E-state index contributed by atoms with van der Waals surface area (Å²) in [5.74, 6) is 1.43. The van der Waals surface area contributed by atoms with Crippen LogP contribution in [0.3, 0.4) is 0 Å². The van der Waals surface area contributed by atoms with Crippen LogP contribution in [0, 0.1) is 0 Å². The summed E-state index contributed by atoms with van der Waals surface area (Å²) >= 11 is 9.80. The largest absolute Gasteiger partial charge is 0.490 e. The van der Waals surface area contributed by atoms with Gasteiger partial charge in [-0.25, -0.2) is 0 Å². The fraction of sp³-hybridized carbons (Fsp3) is 0.368. The summed E-state index contributed by atoms with van der Waals surface area (Å²) in [5.41, 5.74) is 2.09. The van der Waals surface area contributed by atoms with Crippen LogP contribution >= 0.6 is 39.9 Å². The molecule has 0 spiro atoms. The summed E-state index contributed by atoms with van der Waals surface area (Å²) in [6.07, 6.45) is 0. The van der Waals surface area contributed by atoms with Gasteiger partial charge in [-0.2, -0.15) is 0 Å². The zero-order valence-corrected chi connectivity index (χ0v) is 17.8. The van der Waals surface area contributed by atoms with E-state index in [0.29, 0.717) is 30.0 Å². The van der Waals surface area contributed by atoms with Crippen molar-refractivity contribution < 1.29 is 9.47 Å². The van der Waals surface area contributed by atoms with Crippen molar-refractivity contribution in [2.24, 2.45) is 0 Å². The third kappa shape index (κ3) is 6.70. The molecular weight excluding hydrogens is 425 g/mol. The average molecular weight is 449 g/mol. The number of hydrogen-bond acceptors (Lipinski definition) is 3. The highest BCUT2D eigenvalue weighted by atomic mass is 79.9. The minimum atomic E-state index is 0. The molecule has 6 heteroatoms. The zero-order valence-electron chi connectivity index (χ0n) is 14.6. The van der Waals surface area contributed by atoms with Gasteiger partial charge in [0.1, 0.15) is 6.61 Å². The van der Waals surface area contributed by atoms with Gasteiger partial charge in [0, 0.05) is 23.2 Å². The molecule has 0 aliphatic carbocycles. The lowest BCUT2D eigenvalue weighted by Gasteiger charge is -2.17. The van der Waals surface area contributed by atoms with Crippen molar-refractivity contribution in [3.05, 3.63) is 57.0 Å². The van der Waals surface area contributed by atoms with Gasteiger partial charge in [-0.15, -0.1) is 12.4 Å². The minimum Gasteiger partial charge on any atom is -0.490 e. The van der Waals surface area contributed by atoms with E-state index in [1.54, 1.807) is 0 Å². The Morgan fingerprint density at radius 1 is 1.16 bits per heavy atom. The molecule has 0 saturated carbocycles. The lowest BCUT2D eigenvalue weighted by atomic mass is 10.2. The van der Waals surface area contributed by atoms with Gasteiger partial charge < -0.3 is 14.8 Å². The highest BCUT2D eigenvalue weighted by molar-refractivity contribution is 9.10. The molecule has 25 heavy (non-hydrogen) atoms. The first kappa shape index (κ1) is 22.1. The van der Waals surface area contributed by atoms with Gasteiger partial charge in [-0.05, 0) is 46.6 Å². The molecule has 2 aromatic rings. The molecule has 0 bridgehead atoms. The van der Waals surface area contributed by atoms with Crippen LogP contribution in [0.25, 0.3) is 0 Å². The van der Waals surface area contributed by atoms with E-state index in [9.17, 15) is 0 Å². The van der Waals surface area contributed by atoms with Gasteiger partial charge in [0.15, 0.2) is 11.5 Å². The SMILES string of the molecule is CCOc1cc(CNC(C)C)cc(Br)c1OCc1ccccc1Cl.Cl. The highest BCUT2D eigenvalue weighted by Gasteiger charge is 2.13. The Labute approximate surface area is 169 Å². The van der Waals surface area contributed by atoms with Gasteiger partial charge in [0.05, 0.1) is 11.1 Å². The molecule has 0 aliphatic rings. The number of hydrogen-bond donors (Lipinski definition) is 1. The van der Waals surface area contributed by atoms with Crippen LogP contribution in [-0.4, -0.2) is 12.6 Å². The summed E-state index contributed by atoms with van der Waals surface area (Å²) < 4.78 is 12.6.